The van der Waals surface area contributed by atoms with Gasteiger partial charge in [-0.3, -0.25) is 0 Å². The van der Waals surface area contributed by atoms with Gasteiger partial charge in [-0.25, -0.2) is 0 Å². The third-order valence-electron chi connectivity index (χ3n) is 2.14. The molecule has 0 aromatic heterocycles. The van der Waals surface area contributed by atoms with E-state index in [2.05, 4.69) is 47.5 Å². The molecule has 0 N–H and O–H groups in total. The van der Waals surface area contributed by atoms with Crippen LogP contribution in [0.4, 0.5) is 5.69 Å². The Morgan fingerprint density at radius 3 is 2.46 bits per heavy atom. The van der Waals surface area contributed by atoms with E-state index in [1.807, 2.05) is 0 Å². The van der Waals surface area contributed by atoms with Crippen molar-refractivity contribution in [1.82, 2.24) is 0 Å². The summed E-state index contributed by atoms with van der Waals surface area (Å²) in [5.41, 5.74) is 1.30. The van der Waals surface area contributed by atoms with Gasteiger partial charge < -0.3 is 4.90 Å². The average molecular weight is 175 g/mol. The van der Waals surface area contributed by atoms with Crippen molar-refractivity contribution < 1.29 is 0 Å². The lowest BCUT2D eigenvalue weighted by Gasteiger charge is -2.23. The van der Waals surface area contributed by atoms with E-state index in [0.717, 1.165) is 6.54 Å². The fourth-order valence-electron chi connectivity index (χ4n) is 1.49. The second kappa shape index (κ2) is 4.70. The first-order valence-corrected chi connectivity index (χ1v) is 4.45. The molecule has 70 valence electrons. The van der Waals surface area contributed by atoms with Gasteiger partial charge in [0.05, 0.1) is 0 Å². The molecule has 0 atom stereocenters. The molecule has 1 aromatic rings. The van der Waals surface area contributed by atoms with Crippen molar-refractivity contribution >= 4 is 5.69 Å². The topological polar surface area (TPSA) is 3.24 Å². The maximum absolute atomic E-state index is 2.30. The Hall–Kier alpha value is -1.24. The quantitative estimate of drug-likeness (QED) is 0.632. The zero-order valence-electron chi connectivity index (χ0n) is 7.11. The lowest BCUT2D eigenvalue weighted by Crippen LogP contribution is -2.19. The van der Waals surface area contributed by atoms with Gasteiger partial charge in [0.2, 0.25) is 0 Å². The maximum atomic E-state index is 2.30. The largest absolute Gasteiger partial charge is 0.348 e. The predicted octanol–water partition coefficient (Wildman–Crippen LogP) is 3.44. The summed E-state index contributed by atoms with van der Waals surface area (Å²) >= 11 is 0. The smallest absolute Gasteiger partial charge is 0.0405 e. The molecular formula is C12H17N. The summed E-state index contributed by atoms with van der Waals surface area (Å²) in [5.74, 6) is 0. The summed E-state index contributed by atoms with van der Waals surface area (Å²) in [6.45, 7) is 1.15. The molecule has 0 amide bonds. The van der Waals surface area contributed by atoms with Gasteiger partial charge in [-0.05, 0) is 25.0 Å². The zero-order valence-corrected chi connectivity index (χ0v) is 7.11. The van der Waals surface area contributed by atoms with Gasteiger partial charge in [0, 0.05) is 18.4 Å². The van der Waals surface area contributed by atoms with E-state index >= 15 is 0 Å². The molecule has 0 radical (unpaired) electrons. The van der Waals surface area contributed by atoms with Crippen LogP contribution in [-0.2, 0) is 0 Å². The Bertz CT molecular complexity index is 264. The zero-order chi connectivity index (χ0) is 8.23. The summed E-state index contributed by atoms with van der Waals surface area (Å²) in [6, 6.07) is 10.5. The normalized spacial score (nSPS) is 15.2. The fraction of sp³-hybridized carbons (Fsp3) is 0.333. The van der Waals surface area contributed by atoms with E-state index in [0.29, 0.717) is 0 Å². The molecule has 1 heterocycles. The summed E-state index contributed by atoms with van der Waals surface area (Å²) in [4.78, 5) is 2.30. The fourth-order valence-corrected chi connectivity index (χ4v) is 1.49. The van der Waals surface area contributed by atoms with Gasteiger partial charge in [0.25, 0.3) is 0 Å². The minimum Gasteiger partial charge on any atom is -0.348 e. The first-order valence-electron chi connectivity index (χ1n) is 4.45. The van der Waals surface area contributed by atoms with Crippen LogP contribution in [-0.4, -0.2) is 6.54 Å². The molecule has 1 aromatic carbocycles. The summed E-state index contributed by atoms with van der Waals surface area (Å²) in [6.07, 6.45) is 6.91. The standard InChI is InChI=1S/C11H13N.CH4/c1-3-7-11(8-4-1)12-9-5-2-6-10-12;/h1,3-5,7-9H,2,6,10H2;1H4. The third kappa shape index (κ3) is 2.35. The monoisotopic (exact) mass is 175 g/mol. The molecule has 13 heavy (non-hydrogen) atoms. The predicted molar refractivity (Wildman–Crippen MR) is 58.9 cm³/mol. The molecule has 2 rings (SSSR count). The van der Waals surface area contributed by atoms with Gasteiger partial charge in [0.1, 0.15) is 0 Å². The van der Waals surface area contributed by atoms with Crippen molar-refractivity contribution in [2.45, 2.75) is 20.3 Å². The molecule has 1 aliphatic rings. The van der Waals surface area contributed by atoms with Crippen molar-refractivity contribution in [2.24, 2.45) is 0 Å². The molecule has 1 heteroatoms. The number of rotatable bonds is 1. The first-order chi connectivity index (χ1) is 5.97. The number of anilines is 1. The minimum absolute atomic E-state index is 0. The van der Waals surface area contributed by atoms with E-state index in [-0.39, 0.29) is 7.43 Å². The van der Waals surface area contributed by atoms with Crippen LogP contribution < -0.4 is 4.90 Å². The van der Waals surface area contributed by atoms with E-state index in [9.17, 15) is 0 Å². The lowest BCUT2D eigenvalue weighted by atomic mass is 10.2. The highest BCUT2D eigenvalue weighted by molar-refractivity contribution is 5.49. The maximum Gasteiger partial charge on any atom is 0.0405 e. The van der Waals surface area contributed by atoms with Crippen LogP contribution in [0.25, 0.3) is 0 Å². The van der Waals surface area contributed by atoms with E-state index in [4.69, 9.17) is 0 Å². The molecule has 0 bridgehead atoms. The van der Waals surface area contributed by atoms with Crippen LogP contribution in [0.2, 0.25) is 0 Å². The number of para-hydroxylation sites is 1. The van der Waals surface area contributed by atoms with Crippen molar-refractivity contribution in [3.63, 3.8) is 0 Å². The van der Waals surface area contributed by atoms with Crippen molar-refractivity contribution in [1.29, 1.82) is 0 Å². The van der Waals surface area contributed by atoms with Crippen LogP contribution >= 0.6 is 0 Å². The van der Waals surface area contributed by atoms with E-state index in [1.165, 1.54) is 18.5 Å². The Morgan fingerprint density at radius 1 is 1.08 bits per heavy atom. The average Bonchev–Trinajstić information content (AvgIpc) is 2.21. The molecule has 0 saturated heterocycles. The van der Waals surface area contributed by atoms with Crippen molar-refractivity contribution in [3.05, 3.63) is 42.6 Å². The minimum atomic E-state index is 0. The van der Waals surface area contributed by atoms with Crippen molar-refractivity contribution in [2.75, 3.05) is 11.4 Å². The Morgan fingerprint density at radius 2 is 1.85 bits per heavy atom. The van der Waals surface area contributed by atoms with E-state index in [1.54, 1.807) is 0 Å². The second-order valence-electron chi connectivity index (χ2n) is 3.06. The second-order valence-corrected chi connectivity index (χ2v) is 3.06. The summed E-state index contributed by atoms with van der Waals surface area (Å²) in [7, 11) is 0. The first kappa shape index (κ1) is 9.85. The Kier molecular flexibility index (Phi) is 3.56. The number of hydrogen-bond acceptors (Lipinski definition) is 1. The van der Waals surface area contributed by atoms with Gasteiger partial charge in [-0.2, -0.15) is 0 Å². The molecular weight excluding hydrogens is 158 g/mol. The number of nitrogens with zero attached hydrogens (tertiary/aromatic N) is 1. The van der Waals surface area contributed by atoms with Gasteiger partial charge in [0.15, 0.2) is 0 Å². The van der Waals surface area contributed by atoms with Crippen LogP contribution in [0.15, 0.2) is 42.6 Å². The number of hydrogen-bond donors (Lipinski definition) is 0. The Balaban J connectivity index is 0.000000845. The summed E-state index contributed by atoms with van der Waals surface area (Å²) < 4.78 is 0. The molecule has 1 aliphatic heterocycles. The summed E-state index contributed by atoms with van der Waals surface area (Å²) in [5, 5.41) is 0. The molecule has 0 aliphatic carbocycles. The molecule has 0 fully saturated rings. The van der Waals surface area contributed by atoms with Gasteiger partial charge in [-0.15, -0.1) is 0 Å². The number of allylic oxidation sites excluding steroid dienone is 1. The number of benzene rings is 1. The Labute approximate surface area is 80.7 Å². The van der Waals surface area contributed by atoms with Crippen molar-refractivity contribution in [3.8, 4) is 0 Å². The highest BCUT2D eigenvalue weighted by atomic mass is 15.1. The van der Waals surface area contributed by atoms with Crippen LogP contribution in [0.1, 0.15) is 20.3 Å². The van der Waals surface area contributed by atoms with Gasteiger partial charge >= 0.3 is 0 Å². The molecule has 0 saturated carbocycles. The van der Waals surface area contributed by atoms with Crippen LogP contribution in [0, 0.1) is 0 Å². The van der Waals surface area contributed by atoms with Gasteiger partial charge in [-0.1, -0.05) is 31.7 Å². The third-order valence-corrected chi connectivity index (χ3v) is 2.14. The molecule has 0 unspecified atom stereocenters. The highest BCUT2D eigenvalue weighted by Gasteiger charge is 2.03. The SMILES string of the molecule is C.C1=CN(c2ccccc2)CCC1. The van der Waals surface area contributed by atoms with Crippen LogP contribution in [0.3, 0.4) is 0 Å². The lowest BCUT2D eigenvalue weighted by molar-refractivity contribution is 0.786. The highest BCUT2D eigenvalue weighted by Crippen LogP contribution is 2.17. The molecule has 0 spiro atoms. The molecule has 1 nitrogen and oxygen atoms in total. The van der Waals surface area contributed by atoms with E-state index < -0.39 is 0 Å². The van der Waals surface area contributed by atoms with Crippen LogP contribution in [0.5, 0.6) is 0 Å².